The summed E-state index contributed by atoms with van der Waals surface area (Å²) >= 11 is 0. The Morgan fingerprint density at radius 2 is 1.55 bits per heavy atom. The van der Waals surface area contributed by atoms with Gasteiger partial charge in [0, 0.05) is 19.1 Å². The molecule has 0 unspecified atom stereocenters. The van der Waals surface area contributed by atoms with Gasteiger partial charge in [-0.2, -0.15) is 0 Å². The first-order valence-electron chi connectivity index (χ1n) is 9.22. The average Bonchev–Trinajstić information content (AvgIpc) is 3.38. The molecule has 0 atom stereocenters. The van der Waals surface area contributed by atoms with Crippen LogP contribution in [0.1, 0.15) is 65.2 Å². The standard InChI is InChI=1S/C18H34N2/c1-3-18(4-2)9-12-20(13-10-18)14-11-19-17(15-5-6-15)16-7-8-16/h15-17,19H,3-14H2,1-2H3. The van der Waals surface area contributed by atoms with Gasteiger partial charge < -0.3 is 10.2 Å². The molecule has 0 aromatic heterocycles. The largest absolute Gasteiger partial charge is 0.312 e. The number of nitrogens with one attached hydrogen (secondary N) is 1. The van der Waals surface area contributed by atoms with Crippen LogP contribution in [0.2, 0.25) is 0 Å². The molecular weight excluding hydrogens is 244 g/mol. The summed E-state index contributed by atoms with van der Waals surface area (Å²) < 4.78 is 0. The smallest absolute Gasteiger partial charge is 0.0124 e. The molecule has 2 nitrogen and oxygen atoms in total. The van der Waals surface area contributed by atoms with E-state index in [1.165, 1.54) is 77.5 Å². The van der Waals surface area contributed by atoms with Gasteiger partial charge in [0.1, 0.15) is 0 Å². The fourth-order valence-corrected chi connectivity index (χ4v) is 4.23. The van der Waals surface area contributed by atoms with Crippen LogP contribution in [0.3, 0.4) is 0 Å². The molecule has 2 heteroatoms. The number of likely N-dealkylation sites (tertiary alicyclic amines) is 1. The van der Waals surface area contributed by atoms with Gasteiger partial charge in [-0.3, -0.25) is 0 Å². The lowest BCUT2D eigenvalue weighted by Gasteiger charge is -2.41. The van der Waals surface area contributed by atoms with Gasteiger partial charge >= 0.3 is 0 Å². The summed E-state index contributed by atoms with van der Waals surface area (Å²) in [6.07, 6.45) is 11.6. The summed E-state index contributed by atoms with van der Waals surface area (Å²) in [5, 5.41) is 3.90. The molecule has 1 saturated heterocycles. The first kappa shape index (κ1) is 14.8. The molecule has 0 amide bonds. The molecule has 1 N–H and O–H groups in total. The van der Waals surface area contributed by atoms with Crippen LogP contribution in [0.4, 0.5) is 0 Å². The number of nitrogens with zero attached hydrogens (tertiary/aromatic N) is 1. The van der Waals surface area contributed by atoms with Crippen molar-refractivity contribution in [3.05, 3.63) is 0 Å². The summed E-state index contributed by atoms with van der Waals surface area (Å²) in [7, 11) is 0. The zero-order chi connectivity index (χ0) is 14.0. The fourth-order valence-electron chi connectivity index (χ4n) is 4.23. The van der Waals surface area contributed by atoms with Gasteiger partial charge in [0.25, 0.3) is 0 Å². The van der Waals surface area contributed by atoms with E-state index in [0.29, 0.717) is 5.41 Å². The Balaban J connectivity index is 1.35. The highest BCUT2D eigenvalue weighted by Gasteiger charge is 2.41. The van der Waals surface area contributed by atoms with Crippen molar-refractivity contribution in [3.63, 3.8) is 0 Å². The fraction of sp³-hybridized carbons (Fsp3) is 1.00. The van der Waals surface area contributed by atoms with Crippen molar-refractivity contribution in [3.8, 4) is 0 Å². The number of hydrogen-bond donors (Lipinski definition) is 1. The first-order valence-corrected chi connectivity index (χ1v) is 9.22. The van der Waals surface area contributed by atoms with Crippen molar-refractivity contribution in [2.24, 2.45) is 17.3 Å². The molecule has 0 bridgehead atoms. The lowest BCUT2D eigenvalue weighted by atomic mass is 9.74. The highest BCUT2D eigenvalue weighted by molar-refractivity contribution is 4.96. The zero-order valence-electron chi connectivity index (χ0n) is 13.7. The van der Waals surface area contributed by atoms with Crippen LogP contribution >= 0.6 is 0 Å². The molecule has 2 saturated carbocycles. The second kappa shape index (κ2) is 6.36. The maximum absolute atomic E-state index is 3.90. The zero-order valence-corrected chi connectivity index (χ0v) is 13.7. The van der Waals surface area contributed by atoms with Crippen LogP contribution in [0.15, 0.2) is 0 Å². The molecule has 0 aromatic carbocycles. The van der Waals surface area contributed by atoms with Gasteiger partial charge in [0.2, 0.25) is 0 Å². The lowest BCUT2D eigenvalue weighted by Crippen LogP contribution is -2.44. The summed E-state index contributed by atoms with van der Waals surface area (Å²) in [6, 6.07) is 0.880. The molecular formula is C18H34N2. The van der Waals surface area contributed by atoms with Crippen molar-refractivity contribution >= 4 is 0 Å². The number of hydrogen-bond acceptors (Lipinski definition) is 2. The Morgan fingerprint density at radius 3 is 2.00 bits per heavy atom. The minimum absolute atomic E-state index is 0.675. The monoisotopic (exact) mass is 278 g/mol. The van der Waals surface area contributed by atoms with Crippen molar-refractivity contribution < 1.29 is 0 Å². The van der Waals surface area contributed by atoms with Gasteiger partial charge in [-0.1, -0.05) is 26.7 Å². The second-order valence-electron chi connectivity index (χ2n) is 7.70. The van der Waals surface area contributed by atoms with Gasteiger partial charge in [0.15, 0.2) is 0 Å². The minimum Gasteiger partial charge on any atom is -0.312 e. The van der Waals surface area contributed by atoms with Crippen LogP contribution in [0, 0.1) is 17.3 Å². The van der Waals surface area contributed by atoms with E-state index < -0.39 is 0 Å². The van der Waals surface area contributed by atoms with E-state index in [1.807, 2.05) is 0 Å². The minimum atomic E-state index is 0.675. The SMILES string of the molecule is CCC1(CC)CCN(CCNC(C2CC2)C2CC2)CC1. The van der Waals surface area contributed by atoms with Crippen molar-refractivity contribution in [1.29, 1.82) is 0 Å². The molecule has 0 aromatic rings. The van der Waals surface area contributed by atoms with Crippen LogP contribution in [-0.2, 0) is 0 Å². The predicted octanol–water partition coefficient (Wildman–Crippen LogP) is 3.67. The Hall–Kier alpha value is -0.0800. The summed E-state index contributed by atoms with van der Waals surface area (Å²) in [4.78, 5) is 2.70. The van der Waals surface area contributed by atoms with Crippen molar-refractivity contribution in [2.45, 2.75) is 71.3 Å². The Morgan fingerprint density at radius 1 is 1.00 bits per heavy atom. The van der Waals surface area contributed by atoms with Gasteiger partial charge in [-0.05, 0) is 68.9 Å². The number of piperidine rings is 1. The average molecular weight is 278 g/mol. The molecule has 116 valence electrons. The Labute approximate surface area is 125 Å². The molecule has 3 aliphatic rings. The lowest BCUT2D eigenvalue weighted by molar-refractivity contribution is 0.0951. The molecule has 3 fully saturated rings. The van der Waals surface area contributed by atoms with E-state index in [1.54, 1.807) is 0 Å². The van der Waals surface area contributed by atoms with Crippen molar-refractivity contribution in [1.82, 2.24) is 10.2 Å². The van der Waals surface area contributed by atoms with Gasteiger partial charge in [0.05, 0.1) is 0 Å². The quantitative estimate of drug-likeness (QED) is 0.729. The van der Waals surface area contributed by atoms with Crippen LogP contribution < -0.4 is 5.32 Å². The van der Waals surface area contributed by atoms with E-state index >= 15 is 0 Å². The molecule has 0 spiro atoms. The maximum Gasteiger partial charge on any atom is 0.0124 e. The molecule has 2 aliphatic carbocycles. The molecule has 1 heterocycles. The summed E-state index contributed by atoms with van der Waals surface area (Å²) in [5.74, 6) is 2.08. The molecule has 0 radical (unpaired) electrons. The first-order chi connectivity index (χ1) is 9.76. The van der Waals surface area contributed by atoms with Crippen LogP contribution in [0.25, 0.3) is 0 Å². The Bertz CT molecular complexity index is 281. The van der Waals surface area contributed by atoms with Gasteiger partial charge in [-0.15, -0.1) is 0 Å². The predicted molar refractivity (Wildman–Crippen MR) is 85.9 cm³/mol. The third-order valence-corrected chi connectivity index (χ3v) is 6.48. The third-order valence-electron chi connectivity index (χ3n) is 6.48. The topological polar surface area (TPSA) is 15.3 Å². The molecule has 3 rings (SSSR count). The molecule has 20 heavy (non-hydrogen) atoms. The maximum atomic E-state index is 3.90. The normalized spacial score (nSPS) is 27.1. The van der Waals surface area contributed by atoms with E-state index in [-0.39, 0.29) is 0 Å². The van der Waals surface area contributed by atoms with Gasteiger partial charge in [-0.25, -0.2) is 0 Å². The molecule has 1 aliphatic heterocycles. The van der Waals surface area contributed by atoms with E-state index in [9.17, 15) is 0 Å². The summed E-state index contributed by atoms with van der Waals surface area (Å²) in [5.41, 5.74) is 0.675. The van der Waals surface area contributed by atoms with Crippen LogP contribution in [0.5, 0.6) is 0 Å². The highest BCUT2D eigenvalue weighted by Crippen LogP contribution is 2.44. The van der Waals surface area contributed by atoms with E-state index in [2.05, 4.69) is 24.1 Å². The van der Waals surface area contributed by atoms with Crippen molar-refractivity contribution in [2.75, 3.05) is 26.2 Å². The number of rotatable bonds is 8. The second-order valence-corrected chi connectivity index (χ2v) is 7.70. The van der Waals surface area contributed by atoms with Crippen LogP contribution in [-0.4, -0.2) is 37.1 Å². The highest BCUT2D eigenvalue weighted by atomic mass is 15.1. The van der Waals surface area contributed by atoms with E-state index in [0.717, 1.165) is 17.9 Å². The summed E-state index contributed by atoms with van der Waals surface area (Å²) in [6.45, 7) is 9.94. The Kier molecular flexibility index (Phi) is 4.72. The third kappa shape index (κ3) is 3.57. The van der Waals surface area contributed by atoms with E-state index in [4.69, 9.17) is 0 Å².